The van der Waals surface area contributed by atoms with Gasteiger partial charge in [0.15, 0.2) is 23.0 Å². The summed E-state index contributed by atoms with van der Waals surface area (Å²) in [5, 5.41) is 12.8. The summed E-state index contributed by atoms with van der Waals surface area (Å²) in [5.74, 6) is 2.06. The van der Waals surface area contributed by atoms with Crippen LogP contribution < -0.4 is 14.4 Å². The molecule has 0 aliphatic rings. The molecule has 0 amide bonds. The summed E-state index contributed by atoms with van der Waals surface area (Å²) in [6, 6.07) is 17.6. The lowest BCUT2D eigenvalue weighted by atomic mass is 10.2. The van der Waals surface area contributed by atoms with E-state index >= 15 is 0 Å². The van der Waals surface area contributed by atoms with Crippen molar-refractivity contribution in [3.8, 4) is 22.9 Å². The minimum Gasteiger partial charge on any atom is -0.493 e. The Hall–Kier alpha value is -3.68. The van der Waals surface area contributed by atoms with Gasteiger partial charge in [0, 0.05) is 7.05 Å². The minimum atomic E-state index is -0.368. The summed E-state index contributed by atoms with van der Waals surface area (Å²) in [4.78, 5) is 1.94. The zero-order valence-electron chi connectivity index (χ0n) is 16.1. The highest BCUT2D eigenvalue weighted by molar-refractivity contribution is 5.60. The van der Waals surface area contributed by atoms with Crippen molar-refractivity contribution in [3.63, 3.8) is 0 Å². The molecule has 0 saturated heterocycles. The van der Waals surface area contributed by atoms with Crippen LogP contribution in [0.15, 0.2) is 60.7 Å². The van der Waals surface area contributed by atoms with Gasteiger partial charge in [0.05, 0.1) is 19.2 Å². The number of hydrogen-bond donors (Lipinski definition) is 0. The predicted octanol–water partition coefficient (Wildman–Crippen LogP) is 3.45. The van der Waals surface area contributed by atoms with Crippen molar-refractivity contribution in [2.45, 2.75) is 0 Å². The Labute approximate surface area is 167 Å². The van der Waals surface area contributed by atoms with Gasteiger partial charge < -0.3 is 14.4 Å². The first-order valence-corrected chi connectivity index (χ1v) is 9.11. The summed E-state index contributed by atoms with van der Waals surface area (Å²) >= 11 is 0. The summed E-state index contributed by atoms with van der Waals surface area (Å²) in [6.45, 7) is 1.03. The third-order valence-corrected chi connectivity index (χ3v) is 4.51. The number of methoxy groups -OCH3 is 1. The first-order chi connectivity index (χ1) is 14.2. The van der Waals surface area contributed by atoms with Gasteiger partial charge in [0.25, 0.3) is 0 Å². The third-order valence-electron chi connectivity index (χ3n) is 4.51. The third kappa shape index (κ3) is 3.82. The van der Waals surface area contributed by atoms with Crippen LogP contribution in [-0.2, 0) is 0 Å². The second-order valence-electron chi connectivity index (χ2n) is 6.39. The Morgan fingerprint density at radius 1 is 0.966 bits per heavy atom. The molecule has 0 N–H and O–H groups in total. The number of anilines is 1. The number of likely N-dealkylation sites (N-methyl/N-ethyl adjacent to an activating group) is 1. The zero-order chi connectivity index (χ0) is 20.2. The van der Waals surface area contributed by atoms with Crippen molar-refractivity contribution in [2.75, 3.05) is 32.2 Å². The molecule has 0 bridgehead atoms. The molecule has 0 atom stereocenters. The Morgan fingerprint density at radius 2 is 1.72 bits per heavy atom. The molecule has 0 aliphatic heterocycles. The molecule has 0 fully saturated rings. The predicted molar refractivity (Wildman–Crippen MR) is 108 cm³/mol. The van der Waals surface area contributed by atoms with E-state index in [1.807, 2.05) is 42.3 Å². The SMILES string of the molecule is COc1ccccc1OCCN(C)c1ccc2nnc(-c3ccccc3F)n2n1. The van der Waals surface area contributed by atoms with Gasteiger partial charge in [-0.25, -0.2) is 4.39 Å². The quantitative estimate of drug-likeness (QED) is 0.479. The standard InChI is InChI=1S/C21H20FN5O2/c1-26(13-14-29-18-10-6-5-9-17(18)28-2)20-12-11-19-23-24-21(27(19)25-20)15-7-3-4-8-16(15)22/h3-12H,13-14H2,1-2H3. The van der Waals surface area contributed by atoms with Crippen molar-refractivity contribution < 1.29 is 13.9 Å². The molecule has 2 aromatic heterocycles. The van der Waals surface area contributed by atoms with Crippen LogP contribution in [0.1, 0.15) is 0 Å². The maximum absolute atomic E-state index is 14.2. The first kappa shape index (κ1) is 18.7. The van der Waals surface area contributed by atoms with Crippen LogP contribution >= 0.6 is 0 Å². The average molecular weight is 393 g/mol. The second-order valence-corrected chi connectivity index (χ2v) is 6.39. The van der Waals surface area contributed by atoms with Gasteiger partial charge in [-0.1, -0.05) is 24.3 Å². The number of ether oxygens (including phenoxy) is 2. The molecule has 2 heterocycles. The fourth-order valence-corrected chi connectivity index (χ4v) is 2.94. The summed E-state index contributed by atoms with van der Waals surface area (Å²) in [7, 11) is 3.52. The van der Waals surface area contributed by atoms with E-state index in [9.17, 15) is 4.39 Å². The van der Waals surface area contributed by atoms with Crippen molar-refractivity contribution >= 4 is 11.5 Å². The first-order valence-electron chi connectivity index (χ1n) is 9.11. The lowest BCUT2D eigenvalue weighted by molar-refractivity contribution is 0.300. The van der Waals surface area contributed by atoms with E-state index in [1.165, 1.54) is 6.07 Å². The van der Waals surface area contributed by atoms with E-state index in [-0.39, 0.29) is 5.82 Å². The number of nitrogens with zero attached hydrogens (tertiary/aromatic N) is 5. The molecule has 0 saturated carbocycles. The maximum atomic E-state index is 14.2. The number of para-hydroxylation sites is 2. The van der Waals surface area contributed by atoms with Crippen LogP contribution in [0.3, 0.4) is 0 Å². The number of fused-ring (bicyclic) bond motifs is 1. The molecule has 29 heavy (non-hydrogen) atoms. The average Bonchev–Trinajstić information content (AvgIpc) is 3.17. The van der Waals surface area contributed by atoms with E-state index in [1.54, 1.807) is 35.9 Å². The smallest absolute Gasteiger partial charge is 0.188 e. The maximum Gasteiger partial charge on any atom is 0.188 e. The lowest BCUT2D eigenvalue weighted by Gasteiger charge is -2.19. The Bertz CT molecular complexity index is 1130. The molecule has 4 aromatic rings. The largest absolute Gasteiger partial charge is 0.493 e. The molecule has 0 aliphatic carbocycles. The van der Waals surface area contributed by atoms with Gasteiger partial charge in [0.1, 0.15) is 18.2 Å². The van der Waals surface area contributed by atoms with Gasteiger partial charge in [-0.05, 0) is 36.4 Å². The highest BCUT2D eigenvalue weighted by Gasteiger charge is 2.14. The molecule has 0 spiro atoms. The highest BCUT2D eigenvalue weighted by atomic mass is 19.1. The molecule has 7 nitrogen and oxygen atoms in total. The van der Waals surface area contributed by atoms with Crippen LogP contribution in [0.4, 0.5) is 10.2 Å². The number of hydrogen-bond acceptors (Lipinski definition) is 6. The number of rotatable bonds is 7. The van der Waals surface area contributed by atoms with Crippen molar-refractivity contribution in [1.29, 1.82) is 0 Å². The second kappa shape index (κ2) is 8.14. The monoisotopic (exact) mass is 393 g/mol. The van der Waals surface area contributed by atoms with Crippen LogP contribution in [-0.4, -0.2) is 47.1 Å². The van der Waals surface area contributed by atoms with E-state index in [4.69, 9.17) is 9.47 Å². The van der Waals surface area contributed by atoms with Gasteiger partial charge in [-0.3, -0.25) is 0 Å². The molecule has 4 rings (SSSR count). The van der Waals surface area contributed by atoms with Crippen LogP contribution in [0.5, 0.6) is 11.5 Å². The molecular weight excluding hydrogens is 373 g/mol. The summed E-state index contributed by atoms with van der Waals surface area (Å²) in [6.07, 6.45) is 0. The van der Waals surface area contributed by atoms with E-state index in [0.717, 1.165) is 0 Å². The number of halogens is 1. The number of benzene rings is 2. The van der Waals surface area contributed by atoms with Gasteiger partial charge in [-0.2, -0.15) is 4.52 Å². The van der Waals surface area contributed by atoms with Crippen LogP contribution in [0, 0.1) is 5.82 Å². The molecule has 0 unspecified atom stereocenters. The molecule has 8 heteroatoms. The zero-order valence-corrected chi connectivity index (χ0v) is 16.1. The molecule has 0 radical (unpaired) electrons. The van der Waals surface area contributed by atoms with Crippen molar-refractivity contribution in [2.24, 2.45) is 0 Å². The Morgan fingerprint density at radius 3 is 2.52 bits per heavy atom. The van der Waals surface area contributed by atoms with Gasteiger partial charge in [-0.15, -0.1) is 15.3 Å². The van der Waals surface area contributed by atoms with E-state index in [0.29, 0.717) is 47.5 Å². The summed E-state index contributed by atoms with van der Waals surface area (Å²) in [5.41, 5.74) is 0.900. The van der Waals surface area contributed by atoms with E-state index < -0.39 is 0 Å². The fraction of sp³-hybridized carbons (Fsp3) is 0.190. The normalized spacial score (nSPS) is 10.9. The van der Waals surface area contributed by atoms with E-state index in [2.05, 4.69) is 15.3 Å². The highest BCUT2D eigenvalue weighted by Crippen LogP contribution is 2.26. The summed E-state index contributed by atoms with van der Waals surface area (Å²) < 4.78 is 26.8. The van der Waals surface area contributed by atoms with Gasteiger partial charge in [0.2, 0.25) is 0 Å². The minimum absolute atomic E-state index is 0.354. The van der Waals surface area contributed by atoms with Crippen molar-refractivity contribution in [1.82, 2.24) is 19.8 Å². The Balaban J connectivity index is 1.52. The topological polar surface area (TPSA) is 64.8 Å². The van der Waals surface area contributed by atoms with Crippen LogP contribution in [0.25, 0.3) is 17.0 Å². The lowest BCUT2D eigenvalue weighted by Crippen LogP contribution is -2.25. The molecular formula is C21H20FN5O2. The fourth-order valence-electron chi connectivity index (χ4n) is 2.94. The molecule has 148 valence electrons. The Kier molecular flexibility index (Phi) is 5.24. The molecule has 2 aromatic carbocycles. The van der Waals surface area contributed by atoms with Gasteiger partial charge >= 0.3 is 0 Å². The number of aromatic nitrogens is 4. The van der Waals surface area contributed by atoms with Crippen molar-refractivity contribution in [3.05, 3.63) is 66.5 Å². The van der Waals surface area contributed by atoms with Crippen LogP contribution in [0.2, 0.25) is 0 Å².